The Morgan fingerprint density at radius 2 is 1.81 bits per heavy atom. The highest BCUT2D eigenvalue weighted by atomic mass is 35.5. The van der Waals surface area contributed by atoms with E-state index in [2.05, 4.69) is 26.1 Å². The quantitative estimate of drug-likeness (QED) is 0.221. The van der Waals surface area contributed by atoms with Gasteiger partial charge in [-0.1, -0.05) is 82.1 Å². The van der Waals surface area contributed by atoms with Crippen LogP contribution in [0.3, 0.4) is 0 Å². The minimum absolute atomic E-state index is 0.00503. The largest absolute Gasteiger partial charge is 0.387 e. The zero-order chi connectivity index (χ0) is 38.1. The molecule has 2 fully saturated rings. The van der Waals surface area contributed by atoms with Gasteiger partial charge in [-0.15, -0.1) is 0 Å². The third kappa shape index (κ3) is 8.56. The monoisotopic (exact) mass is 745 g/mol. The first-order chi connectivity index (χ1) is 25.2. The second kappa shape index (κ2) is 15.3. The zero-order valence-corrected chi connectivity index (χ0v) is 31.6. The van der Waals surface area contributed by atoms with Crippen LogP contribution in [0.2, 0.25) is 5.02 Å². The summed E-state index contributed by atoms with van der Waals surface area (Å²) in [6.07, 6.45) is 4.48. The molecule has 1 saturated carbocycles. The normalized spacial score (nSPS) is 21.4. The number of amides is 4. The van der Waals surface area contributed by atoms with E-state index in [1.807, 2.05) is 68.7 Å². The SMILES string of the molecule is CCC[C@H](NC(=O)C1C[C@]2(CC(c3cccc(Cl)c3)=NO2)CN1C(=O)[C@@H](NC(=O)C(C)Cn1cnc2ccccc21)C(C)(C)C)C(=O)C(=O)NC1CC1. The van der Waals surface area contributed by atoms with Crippen LogP contribution in [0.15, 0.2) is 60.0 Å². The number of para-hydroxylation sites is 2. The first-order valence-electron chi connectivity index (χ1n) is 18.3. The maximum Gasteiger partial charge on any atom is 0.289 e. The number of likely N-dealkylation sites (tertiary alicyclic amines) is 1. The molecule has 3 aliphatic rings. The van der Waals surface area contributed by atoms with E-state index < -0.39 is 58.6 Å². The first-order valence-corrected chi connectivity index (χ1v) is 18.7. The lowest BCUT2D eigenvalue weighted by molar-refractivity contribution is -0.145. The van der Waals surface area contributed by atoms with E-state index in [1.165, 1.54) is 4.90 Å². The summed E-state index contributed by atoms with van der Waals surface area (Å²) < 4.78 is 1.91. The predicted molar refractivity (Wildman–Crippen MR) is 200 cm³/mol. The first kappa shape index (κ1) is 38.0. The highest BCUT2D eigenvalue weighted by Gasteiger charge is 2.55. The second-order valence-corrected chi connectivity index (χ2v) is 16.2. The summed E-state index contributed by atoms with van der Waals surface area (Å²) in [5, 5.41) is 13.4. The van der Waals surface area contributed by atoms with Crippen molar-refractivity contribution < 1.29 is 28.8 Å². The fourth-order valence-electron chi connectivity index (χ4n) is 7.05. The number of hydrogen-bond donors (Lipinski definition) is 3. The Balaban J connectivity index is 1.24. The number of carbonyl (C=O) groups is 5. The van der Waals surface area contributed by atoms with Crippen LogP contribution in [0.1, 0.15) is 78.7 Å². The number of fused-ring (bicyclic) bond motifs is 1. The number of oxime groups is 1. The Labute approximate surface area is 314 Å². The molecular weight excluding hydrogens is 698 g/mol. The van der Waals surface area contributed by atoms with Crippen molar-refractivity contribution in [3.8, 4) is 0 Å². The van der Waals surface area contributed by atoms with Crippen LogP contribution in [-0.2, 0) is 35.4 Å². The van der Waals surface area contributed by atoms with E-state index in [1.54, 1.807) is 25.4 Å². The molecule has 3 aromatic rings. The lowest BCUT2D eigenvalue weighted by Gasteiger charge is -2.36. The molecule has 53 heavy (non-hydrogen) atoms. The van der Waals surface area contributed by atoms with Gasteiger partial charge in [-0.3, -0.25) is 24.0 Å². The number of nitrogens with one attached hydrogen (secondary N) is 3. The minimum atomic E-state index is -1.08. The summed E-state index contributed by atoms with van der Waals surface area (Å²) in [5.74, 6) is -3.35. The van der Waals surface area contributed by atoms with Gasteiger partial charge in [-0.25, -0.2) is 4.98 Å². The summed E-state index contributed by atoms with van der Waals surface area (Å²) in [7, 11) is 0. The van der Waals surface area contributed by atoms with Crippen LogP contribution in [0, 0.1) is 11.3 Å². The van der Waals surface area contributed by atoms with Crippen LogP contribution < -0.4 is 16.0 Å². The van der Waals surface area contributed by atoms with Crippen molar-refractivity contribution in [3.05, 3.63) is 65.4 Å². The molecule has 2 aliphatic heterocycles. The van der Waals surface area contributed by atoms with E-state index in [0.29, 0.717) is 30.1 Å². The minimum Gasteiger partial charge on any atom is -0.387 e. The van der Waals surface area contributed by atoms with Crippen LogP contribution >= 0.6 is 11.6 Å². The molecule has 282 valence electrons. The second-order valence-electron chi connectivity index (χ2n) is 15.7. The van der Waals surface area contributed by atoms with E-state index in [-0.39, 0.29) is 31.3 Å². The van der Waals surface area contributed by atoms with Crippen LogP contribution in [0.25, 0.3) is 11.0 Å². The standard InChI is InChI=1S/C39H48ClN7O6/c1-6-10-28(32(48)36(51)42-26-15-16-26)43-35(50)31-19-39(18-29(45-53-39)24-11-9-12-25(40)17-24)21-47(31)37(52)33(38(3,4)5)44-34(49)23(2)20-46-22-41-27-13-7-8-14-30(27)46/h7-9,11-14,17,22-23,26,28,31,33H,6,10,15-16,18-21H2,1-5H3,(H,42,51)(H,43,50)(H,44,49)/t23?,28-,31?,33+,39+/m0/s1. The Kier molecular flexibility index (Phi) is 11.0. The van der Waals surface area contributed by atoms with E-state index in [0.717, 1.165) is 29.4 Å². The van der Waals surface area contributed by atoms with Crippen LogP contribution in [0.4, 0.5) is 0 Å². The molecule has 13 nitrogen and oxygen atoms in total. The molecule has 3 N–H and O–H groups in total. The Bertz CT molecular complexity index is 1930. The van der Waals surface area contributed by atoms with Crippen LogP contribution in [-0.4, -0.2) is 85.9 Å². The van der Waals surface area contributed by atoms with Gasteiger partial charge in [0.15, 0.2) is 5.60 Å². The zero-order valence-electron chi connectivity index (χ0n) is 30.9. The molecule has 3 heterocycles. The number of hydrogen-bond acceptors (Lipinski definition) is 8. The van der Waals surface area contributed by atoms with E-state index in [4.69, 9.17) is 16.4 Å². The molecule has 5 atom stereocenters. The van der Waals surface area contributed by atoms with Gasteiger partial charge in [-0.2, -0.15) is 0 Å². The third-order valence-electron chi connectivity index (χ3n) is 10.2. The molecule has 6 rings (SSSR count). The molecule has 2 aromatic carbocycles. The summed E-state index contributed by atoms with van der Waals surface area (Å²) in [5.41, 5.74) is 1.29. The number of imidazole rings is 1. The average molecular weight is 746 g/mol. The number of halogens is 1. The van der Waals surface area contributed by atoms with E-state index in [9.17, 15) is 24.0 Å². The number of benzene rings is 2. The number of rotatable bonds is 13. The van der Waals surface area contributed by atoms with Crippen molar-refractivity contribution in [2.24, 2.45) is 16.5 Å². The van der Waals surface area contributed by atoms with Gasteiger partial charge in [0.1, 0.15) is 12.1 Å². The summed E-state index contributed by atoms with van der Waals surface area (Å²) in [4.78, 5) is 80.7. The van der Waals surface area contributed by atoms with Crippen molar-refractivity contribution in [2.75, 3.05) is 6.54 Å². The summed E-state index contributed by atoms with van der Waals surface area (Å²) in [6.45, 7) is 9.56. The van der Waals surface area contributed by atoms with Crippen LogP contribution in [0.5, 0.6) is 0 Å². The van der Waals surface area contributed by atoms with Crippen molar-refractivity contribution in [3.63, 3.8) is 0 Å². The molecule has 0 bridgehead atoms. The fraction of sp³-hybridized carbons (Fsp3) is 0.513. The lowest BCUT2D eigenvalue weighted by Crippen LogP contribution is -2.59. The molecular formula is C39H48ClN7O6. The molecule has 14 heteroatoms. The van der Waals surface area contributed by atoms with E-state index >= 15 is 0 Å². The van der Waals surface area contributed by atoms with Gasteiger partial charge in [0.25, 0.3) is 5.91 Å². The number of ketones is 1. The summed E-state index contributed by atoms with van der Waals surface area (Å²) in [6, 6.07) is 11.7. The van der Waals surface area contributed by atoms with Crippen molar-refractivity contribution in [2.45, 2.75) is 109 Å². The predicted octanol–water partition coefficient (Wildman–Crippen LogP) is 4.15. The lowest BCUT2D eigenvalue weighted by atomic mass is 9.85. The molecule has 1 saturated heterocycles. The van der Waals surface area contributed by atoms with Crippen molar-refractivity contribution in [1.82, 2.24) is 30.4 Å². The smallest absolute Gasteiger partial charge is 0.289 e. The number of Topliss-reactive ketones (excluding diaryl/α,β-unsaturated/α-hetero) is 1. The topological polar surface area (TPSA) is 164 Å². The number of carbonyl (C=O) groups excluding carboxylic acids is 5. The maximum absolute atomic E-state index is 14.7. The number of aromatic nitrogens is 2. The van der Waals surface area contributed by atoms with Gasteiger partial charge in [0.2, 0.25) is 23.5 Å². The Morgan fingerprint density at radius 1 is 1.06 bits per heavy atom. The van der Waals surface area contributed by atoms with Gasteiger partial charge in [-0.05, 0) is 48.9 Å². The fourth-order valence-corrected chi connectivity index (χ4v) is 7.24. The van der Waals surface area contributed by atoms with Crippen molar-refractivity contribution >= 4 is 57.8 Å². The highest BCUT2D eigenvalue weighted by Crippen LogP contribution is 2.40. The van der Waals surface area contributed by atoms with Gasteiger partial charge < -0.3 is 30.3 Å². The molecule has 1 spiro atoms. The highest BCUT2D eigenvalue weighted by molar-refractivity contribution is 6.38. The molecule has 4 amide bonds. The molecule has 0 radical (unpaired) electrons. The summed E-state index contributed by atoms with van der Waals surface area (Å²) >= 11 is 6.27. The van der Waals surface area contributed by atoms with Gasteiger partial charge >= 0.3 is 0 Å². The Hall–Kier alpha value is -4.78. The molecule has 1 aromatic heterocycles. The van der Waals surface area contributed by atoms with Gasteiger partial charge in [0, 0.05) is 36.0 Å². The molecule has 1 aliphatic carbocycles. The number of nitrogens with zero attached hydrogens (tertiary/aromatic N) is 4. The molecule has 2 unspecified atom stereocenters. The Morgan fingerprint density at radius 3 is 2.51 bits per heavy atom. The van der Waals surface area contributed by atoms with Crippen molar-refractivity contribution in [1.29, 1.82) is 0 Å². The average Bonchev–Trinajstić information content (AvgIpc) is 3.51. The van der Waals surface area contributed by atoms with Gasteiger partial charge in [0.05, 0.1) is 41.6 Å². The maximum atomic E-state index is 14.7. The third-order valence-corrected chi connectivity index (χ3v) is 10.4.